The molecule has 0 aromatic heterocycles. The molecule has 0 saturated heterocycles. The summed E-state index contributed by atoms with van der Waals surface area (Å²) in [7, 11) is 0. The molecule has 0 aliphatic carbocycles. The highest BCUT2D eigenvalue weighted by Gasteiger charge is 2.57. The molecule has 7 rings (SSSR count). The van der Waals surface area contributed by atoms with Crippen LogP contribution in [0.4, 0.5) is 22.7 Å². The van der Waals surface area contributed by atoms with Gasteiger partial charge in [0, 0.05) is 22.5 Å². The fraction of sp³-hybridized carbons (Fsp3) is 0.0323. The molecule has 0 amide bonds. The van der Waals surface area contributed by atoms with Crippen LogP contribution in [-0.4, -0.2) is 0 Å². The van der Waals surface area contributed by atoms with Gasteiger partial charge in [-0.3, -0.25) is 0 Å². The second-order valence-corrected chi connectivity index (χ2v) is 8.60. The van der Waals surface area contributed by atoms with Crippen LogP contribution in [0.1, 0.15) is 11.1 Å². The normalized spacial score (nSPS) is 14.8. The van der Waals surface area contributed by atoms with Crippen molar-refractivity contribution in [2.45, 2.75) is 5.66 Å². The minimum absolute atomic E-state index is 0.669. The minimum atomic E-state index is -0.669. The van der Waals surface area contributed by atoms with E-state index in [0.717, 1.165) is 45.4 Å². The quantitative estimate of drug-likeness (QED) is 0.278. The van der Waals surface area contributed by atoms with E-state index in [-0.39, 0.29) is 0 Å². The Bertz CT molecular complexity index is 1380. The summed E-state index contributed by atoms with van der Waals surface area (Å²) in [6.07, 6.45) is 0. The second kappa shape index (κ2) is 7.26. The van der Waals surface area contributed by atoms with Gasteiger partial charge in [0.1, 0.15) is 11.5 Å². The molecular weight excluding hydrogens is 416 g/mol. The molecule has 5 aromatic carbocycles. The standard InChI is InChI=1S/C31H22N2O/c1-3-13-23(14-4-1)32-27-19-9-10-20-28(27)33(24-15-5-2-6-16-24)31(32)25-17-7-11-21-29(25)34-30-22-12-8-18-26(30)31/h1-22H. The molecule has 0 N–H and O–H groups in total. The average molecular weight is 439 g/mol. The molecule has 34 heavy (non-hydrogen) atoms. The summed E-state index contributed by atoms with van der Waals surface area (Å²) in [4.78, 5) is 4.94. The van der Waals surface area contributed by atoms with Crippen molar-refractivity contribution in [3.8, 4) is 11.5 Å². The number of anilines is 4. The summed E-state index contributed by atoms with van der Waals surface area (Å²) in [5.74, 6) is 1.74. The van der Waals surface area contributed by atoms with E-state index in [9.17, 15) is 0 Å². The number of para-hydroxylation sites is 6. The van der Waals surface area contributed by atoms with Gasteiger partial charge in [-0.25, -0.2) is 0 Å². The van der Waals surface area contributed by atoms with Gasteiger partial charge in [0.2, 0.25) is 0 Å². The molecular formula is C31H22N2O. The first-order chi connectivity index (χ1) is 16.9. The Labute approximate surface area is 199 Å². The van der Waals surface area contributed by atoms with Gasteiger partial charge in [-0.15, -0.1) is 0 Å². The molecule has 1 spiro atoms. The molecule has 0 atom stereocenters. The SMILES string of the molecule is c1ccc(N2c3ccccc3N(c3ccccc3)C23c2ccccc2Oc2ccccc23)cc1. The summed E-state index contributed by atoms with van der Waals surface area (Å²) < 4.78 is 6.48. The van der Waals surface area contributed by atoms with Gasteiger partial charge in [0.25, 0.3) is 0 Å². The fourth-order valence-corrected chi connectivity index (χ4v) is 5.53. The Kier molecular flexibility index (Phi) is 4.06. The Balaban J connectivity index is 1.68. The van der Waals surface area contributed by atoms with Crippen LogP contribution in [0.15, 0.2) is 133 Å². The van der Waals surface area contributed by atoms with E-state index in [1.165, 1.54) is 0 Å². The Morgan fingerprint density at radius 3 is 1.26 bits per heavy atom. The number of ether oxygens (including phenoxy) is 1. The molecule has 0 unspecified atom stereocenters. The Morgan fingerprint density at radius 1 is 0.412 bits per heavy atom. The van der Waals surface area contributed by atoms with Crippen LogP contribution < -0.4 is 14.5 Å². The van der Waals surface area contributed by atoms with Gasteiger partial charge < -0.3 is 14.5 Å². The maximum absolute atomic E-state index is 6.48. The van der Waals surface area contributed by atoms with Crippen molar-refractivity contribution in [1.29, 1.82) is 0 Å². The monoisotopic (exact) mass is 438 g/mol. The third kappa shape index (κ3) is 2.47. The molecule has 0 fully saturated rings. The number of rotatable bonds is 2. The maximum atomic E-state index is 6.48. The van der Waals surface area contributed by atoms with E-state index >= 15 is 0 Å². The van der Waals surface area contributed by atoms with Gasteiger partial charge in [-0.2, -0.15) is 0 Å². The second-order valence-electron chi connectivity index (χ2n) is 8.60. The van der Waals surface area contributed by atoms with Crippen molar-refractivity contribution in [1.82, 2.24) is 0 Å². The van der Waals surface area contributed by atoms with Crippen molar-refractivity contribution in [3.63, 3.8) is 0 Å². The van der Waals surface area contributed by atoms with Gasteiger partial charge >= 0.3 is 0 Å². The van der Waals surface area contributed by atoms with Crippen molar-refractivity contribution in [2.24, 2.45) is 0 Å². The van der Waals surface area contributed by atoms with Gasteiger partial charge in [-0.05, 0) is 48.5 Å². The molecule has 2 heterocycles. The van der Waals surface area contributed by atoms with Crippen LogP contribution in [0, 0.1) is 0 Å². The summed E-state index contributed by atoms with van der Waals surface area (Å²) >= 11 is 0. The summed E-state index contributed by atoms with van der Waals surface area (Å²) in [5.41, 5.74) is 6.11. The minimum Gasteiger partial charge on any atom is -0.456 e. The van der Waals surface area contributed by atoms with Crippen molar-refractivity contribution >= 4 is 22.7 Å². The number of benzene rings is 5. The van der Waals surface area contributed by atoms with Crippen LogP contribution in [0.25, 0.3) is 0 Å². The number of nitrogens with zero attached hydrogens (tertiary/aromatic N) is 2. The first kappa shape index (κ1) is 19.0. The highest BCUT2D eigenvalue weighted by Crippen LogP contribution is 2.63. The van der Waals surface area contributed by atoms with E-state index in [2.05, 4.69) is 131 Å². The number of fused-ring (bicyclic) bond motifs is 5. The van der Waals surface area contributed by atoms with Crippen molar-refractivity contribution < 1.29 is 4.74 Å². The molecule has 2 aliphatic rings. The van der Waals surface area contributed by atoms with Gasteiger partial charge in [0.15, 0.2) is 5.66 Å². The van der Waals surface area contributed by atoms with Crippen LogP contribution >= 0.6 is 0 Å². The Morgan fingerprint density at radius 2 is 0.794 bits per heavy atom. The average Bonchev–Trinajstić information content (AvgIpc) is 3.21. The largest absolute Gasteiger partial charge is 0.456 e. The number of hydrogen-bond acceptors (Lipinski definition) is 3. The molecule has 3 nitrogen and oxygen atoms in total. The summed E-state index contributed by atoms with van der Waals surface area (Å²) in [5, 5.41) is 0. The summed E-state index contributed by atoms with van der Waals surface area (Å²) in [6.45, 7) is 0. The highest BCUT2D eigenvalue weighted by molar-refractivity contribution is 5.94. The first-order valence-electron chi connectivity index (χ1n) is 11.6. The molecule has 162 valence electrons. The molecule has 0 bridgehead atoms. The van der Waals surface area contributed by atoms with Crippen LogP contribution in [-0.2, 0) is 5.66 Å². The third-order valence-corrected chi connectivity index (χ3v) is 6.78. The lowest BCUT2D eigenvalue weighted by molar-refractivity contribution is 0.402. The predicted molar refractivity (Wildman–Crippen MR) is 137 cm³/mol. The zero-order chi connectivity index (χ0) is 22.5. The van der Waals surface area contributed by atoms with Crippen LogP contribution in [0.2, 0.25) is 0 Å². The third-order valence-electron chi connectivity index (χ3n) is 6.78. The van der Waals surface area contributed by atoms with E-state index < -0.39 is 5.66 Å². The zero-order valence-electron chi connectivity index (χ0n) is 18.5. The van der Waals surface area contributed by atoms with E-state index in [1.54, 1.807) is 0 Å². The zero-order valence-corrected chi connectivity index (χ0v) is 18.5. The van der Waals surface area contributed by atoms with Crippen molar-refractivity contribution in [2.75, 3.05) is 9.80 Å². The smallest absolute Gasteiger partial charge is 0.182 e. The van der Waals surface area contributed by atoms with Gasteiger partial charge in [-0.1, -0.05) is 84.9 Å². The first-order valence-corrected chi connectivity index (χ1v) is 11.6. The highest BCUT2D eigenvalue weighted by atomic mass is 16.5. The topological polar surface area (TPSA) is 15.7 Å². The lowest BCUT2D eigenvalue weighted by Crippen LogP contribution is -2.53. The number of hydrogen-bond donors (Lipinski definition) is 0. The molecule has 2 aliphatic heterocycles. The van der Waals surface area contributed by atoms with E-state index in [4.69, 9.17) is 4.74 Å². The lowest BCUT2D eigenvalue weighted by atomic mass is 9.84. The predicted octanol–water partition coefficient (Wildman–Crippen LogP) is 7.98. The van der Waals surface area contributed by atoms with Crippen LogP contribution in [0.3, 0.4) is 0 Å². The molecule has 0 radical (unpaired) electrons. The molecule has 3 heteroatoms. The molecule has 5 aromatic rings. The van der Waals surface area contributed by atoms with E-state index in [1.807, 2.05) is 12.1 Å². The van der Waals surface area contributed by atoms with E-state index in [0.29, 0.717) is 0 Å². The fourth-order valence-electron chi connectivity index (χ4n) is 5.53. The molecule has 0 saturated carbocycles. The Hall–Kier alpha value is -4.50. The van der Waals surface area contributed by atoms with Gasteiger partial charge in [0.05, 0.1) is 11.4 Å². The summed E-state index contributed by atoms with van der Waals surface area (Å²) in [6, 6.07) is 46.8. The lowest BCUT2D eigenvalue weighted by Gasteiger charge is -2.49. The van der Waals surface area contributed by atoms with Crippen molar-refractivity contribution in [3.05, 3.63) is 145 Å². The van der Waals surface area contributed by atoms with Crippen LogP contribution in [0.5, 0.6) is 11.5 Å². The maximum Gasteiger partial charge on any atom is 0.182 e.